The number of rotatable bonds is 8. The van der Waals surface area contributed by atoms with Gasteiger partial charge in [-0.25, -0.2) is 17.6 Å². The first-order chi connectivity index (χ1) is 16.8. The fourth-order valence-corrected chi connectivity index (χ4v) is 5.54. The Bertz CT molecular complexity index is 1140. The number of halogens is 1. The van der Waals surface area contributed by atoms with E-state index in [0.29, 0.717) is 26.2 Å². The molecular formula is C24H28FN3O6S. The molecule has 2 aromatic carbocycles. The second kappa shape index (κ2) is 11.1. The van der Waals surface area contributed by atoms with Crippen molar-refractivity contribution in [2.75, 3.05) is 50.8 Å². The normalized spacial score (nSPS) is 18.9. The summed E-state index contributed by atoms with van der Waals surface area (Å²) in [5, 5.41) is 2.66. The molecule has 9 nitrogen and oxygen atoms in total. The van der Waals surface area contributed by atoms with Gasteiger partial charge in [-0.1, -0.05) is 6.07 Å². The summed E-state index contributed by atoms with van der Waals surface area (Å²) in [6, 6.07) is 11.7. The molecule has 11 heteroatoms. The number of carbonyl (C=O) groups excluding carboxylic acids is 2. The highest BCUT2D eigenvalue weighted by molar-refractivity contribution is 7.89. The lowest BCUT2D eigenvalue weighted by atomic mass is 10.2. The molecule has 0 spiro atoms. The second-order valence-electron chi connectivity index (χ2n) is 8.41. The van der Waals surface area contributed by atoms with E-state index in [0.717, 1.165) is 18.5 Å². The Hall–Kier alpha value is -3.02. The van der Waals surface area contributed by atoms with E-state index in [-0.39, 0.29) is 35.5 Å². The first-order valence-corrected chi connectivity index (χ1v) is 12.9. The molecule has 4 rings (SSSR count). The summed E-state index contributed by atoms with van der Waals surface area (Å²) < 4.78 is 51.3. The second-order valence-corrected chi connectivity index (χ2v) is 10.3. The van der Waals surface area contributed by atoms with Crippen LogP contribution in [0, 0.1) is 5.82 Å². The van der Waals surface area contributed by atoms with Crippen LogP contribution in [-0.2, 0) is 24.3 Å². The number of sulfonamides is 1. The monoisotopic (exact) mass is 505 g/mol. The van der Waals surface area contributed by atoms with Crippen LogP contribution in [0.4, 0.5) is 10.1 Å². The number of nitrogens with zero attached hydrogens (tertiary/aromatic N) is 2. The van der Waals surface area contributed by atoms with Crippen molar-refractivity contribution in [3.8, 4) is 0 Å². The maximum Gasteiger partial charge on any atom is 0.338 e. The lowest BCUT2D eigenvalue weighted by Crippen LogP contribution is -2.48. The van der Waals surface area contributed by atoms with Gasteiger partial charge in [0.1, 0.15) is 5.82 Å². The number of amides is 1. The average molecular weight is 506 g/mol. The van der Waals surface area contributed by atoms with Gasteiger partial charge in [0.25, 0.3) is 5.91 Å². The number of carbonyl (C=O) groups is 2. The molecule has 35 heavy (non-hydrogen) atoms. The molecule has 2 aromatic rings. The Balaban J connectivity index is 1.31. The van der Waals surface area contributed by atoms with Gasteiger partial charge in [0, 0.05) is 45.0 Å². The Labute approximate surface area is 203 Å². The fraction of sp³-hybridized carbons (Fsp3) is 0.417. The fourth-order valence-electron chi connectivity index (χ4n) is 4.07. The van der Waals surface area contributed by atoms with Gasteiger partial charge in [-0.3, -0.25) is 4.79 Å². The van der Waals surface area contributed by atoms with Crippen LogP contribution in [0.25, 0.3) is 0 Å². The van der Waals surface area contributed by atoms with Crippen molar-refractivity contribution in [1.82, 2.24) is 9.62 Å². The number of piperazine rings is 1. The molecule has 2 aliphatic heterocycles. The standard InChI is InChI=1S/C24H28FN3O6S/c25-19-6-8-20(9-7-19)27-10-12-28(13-11-27)35(31,32)22-5-1-3-18(15-22)24(30)34-17-23(29)26-16-21-4-2-14-33-21/h1,3,5-9,15,21H,2,4,10-14,16-17H2,(H,26,29)/t21-/m0/s1. The number of anilines is 1. The highest BCUT2D eigenvalue weighted by Gasteiger charge is 2.29. The summed E-state index contributed by atoms with van der Waals surface area (Å²) in [5.41, 5.74) is 0.871. The van der Waals surface area contributed by atoms with Crippen molar-refractivity contribution in [2.45, 2.75) is 23.8 Å². The Morgan fingerprint density at radius 3 is 2.51 bits per heavy atom. The zero-order chi connectivity index (χ0) is 24.8. The van der Waals surface area contributed by atoms with Gasteiger partial charge in [0.15, 0.2) is 6.61 Å². The van der Waals surface area contributed by atoms with Crippen molar-refractivity contribution in [3.63, 3.8) is 0 Å². The summed E-state index contributed by atoms with van der Waals surface area (Å²) in [6.07, 6.45) is 1.82. The van der Waals surface area contributed by atoms with Crippen LogP contribution in [0.2, 0.25) is 0 Å². The van der Waals surface area contributed by atoms with E-state index in [1.807, 2.05) is 4.90 Å². The third-order valence-corrected chi connectivity index (χ3v) is 7.92. The van der Waals surface area contributed by atoms with E-state index in [9.17, 15) is 22.4 Å². The van der Waals surface area contributed by atoms with E-state index < -0.39 is 28.5 Å². The zero-order valence-corrected chi connectivity index (χ0v) is 20.0. The van der Waals surface area contributed by atoms with Crippen LogP contribution in [0.15, 0.2) is 53.4 Å². The SMILES string of the molecule is O=C(COC(=O)c1cccc(S(=O)(=O)N2CCN(c3ccc(F)cc3)CC2)c1)NC[C@@H]1CCCO1. The Morgan fingerprint density at radius 2 is 1.83 bits per heavy atom. The minimum atomic E-state index is -3.83. The number of nitrogens with one attached hydrogen (secondary N) is 1. The van der Waals surface area contributed by atoms with Gasteiger partial charge in [0.2, 0.25) is 10.0 Å². The number of ether oxygens (including phenoxy) is 2. The van der Waals surface area contributed by atoms with E-state index in [1.54, 1.807) is 12.1 Å². The van der Waals surface area contributed by atoms with Crippen molar-refractivity contribution >= 4 is 27.6 Å². The largest absolute Gasteiger partial charge is 0.452 e. The molecule has 1 amide bonds. The first-order valence-electron chi connectivity index (χ1n) is 11.5. The lowest BCUT2D eigenvalue weighted by molar-refractivity contribution is -0.124. The van der Waals surface area contributed by atoms with Gasteiger partial charge >= 0.3 is 5.97 Å². The summed E-state index contributed by atoms with van der Waals surface area (Å²) in [7, 11) is -3.83. The molecular weight excluding hydrogens is 477 g/mol. The third-order valence-electron chi connectivity index (χ3n) is 6.02. The quantitative estimate of drug-likeness (QED) is 0.546. The van der Waals surface area contributed by atoms with Gasteiger partial charge in [-0.2, -0.15) is 4.31 Å². The van der Waals surface area contributed by atoms with Crippen molar-refractivity contribution in [1.29, 1.82) is 0 Å². The van der Waals surface area contributed by atoms with E-state index in [1.165, 1.54) is 40.7 Å². The van der Waals surface area contributed by atoms with E-state index in [4.69, 9.17) is 9.47 Å². The van der Waals surface area contributed by atoms with Crippen LogP contribution < -0.4 is 10.2 Å². The molecule has 0 saturated carbocycles. The topological polar surface area (TPSA) is 105 Å². The highest BCUT2D eigenvalue weighted by atomic mass is 32.2. The molecule has 2 saturated heterocycles. The van der Waals surface area contributed by atoms with Crippen LogP contribution in [-0.4, -0.2) is 76.6 Å². The summed E-state index contributed by atoms with van der Waals surface area (Å²) >= 11 is 0. The molecule has 2 fully saturated rings. The highest BCUT2D eigenvalue weighted by Crippen LogP contribution is 2.22. The number of esters is 1. The molecule has 0 bridgehead atoms. The van der Waals surface area contributed by atoms with Crippen molar-refractivity contribution < 1.29 is 31.9 Å². The smallest absolute Gasteiger partial charge is 0.338 e. The Kier molecular flexibility index (Phi) is 7.99. The molecule has 0 unspecified atom stereocenters. The summed E-state index contributed by atoms with van der Waals surface area (Å²) in [5.74, 6) is -1.56. The van der Waals surface area contributed by atoms with Crippen molar-refractivity contribution in [2.24, 2.45) is 0 Å². The minimum absolute atomic E-state index is 0.0194. The molecule has 0 radical (unpaired) electrons. The lowest BCUT2D eigenvalue weighted by Gasteiger charge is -2.35. The Morgan fingerprint density at radius 1 is 1.09 bits per heavy atom. The molecule has 1 N–H and O–H groups in total. The van der Waals surface area contributed by atoms with Gasteiger partial charge in [0.05, 0.1) is 16.6 Å². The molecule has 0 aliphatic carbocycles. The third kappa shape index (κ3) is 6.36. The van der Waals surface area contributed by atoms with Gasteiger partial charge in [-0.05, 0) is 55.3 Å². The molecule has 0 aromatic heterocycles. The van der Waals surface area contributed by atoms with E-state index >= 15 is 0 Å². The van der Waals surface area contributed by atoms with Crippen molar-refractivity contribution in [3.05, 3.63) is 59.9 Å². The maximum absolute atomic E-state index is 13.2. The average Bonchev–Trinajstić information content (AvgIpc) is 3.40. The molecule has 2 heterocycles. The molecule has 2 aliphatic rings. The summed E-state index contributed by atoms with van der Waals surface area (Å²) in [4.78, 5) is 26.3. The van der Waals surface area contributed by atoms with Crippen LogP contribution >= 0.6 is 0 Å². The first kappa shape index (κ1) is 25.1. The van der Waals surface area contributed by atoms with Crippen LogP contribution in [0.1, 0.15) is 23.2 Å². The maximum atomic E-state index is 13.2. The zero-order valence-electron chi connectivity index (χ0n) is 19.2. The van der Waals surface area contributed by atoms with Gasteiger partial charge < -0.3 is 19.7 Å². The predicted octanol–water partition coefficient (Wildman–Crippen LogP) is 1.79. The number of hydrogen-bond donors (Lipinski definition) is 1. The van der Waals surface area contributed by atoms with Crippen LogP contribution in [0.3, 0.4) is 0 Å². The number of hydrogen-bond acceptors (Lipinski definition) is 7. The summed E-state index contributed by atoms with van der Waals surface area (Å²) in [6.45, 7) is 1.98. The van der Waals surface area contributed by atoms with Gasteiger partial charge in [-0.15, -0.1) is 0 Å². The van der Waals surface area contributed by atoms with E-state index in [2.05, 4.69) is 5.32 Å². The predicted molar refractivity (Wildman–Crippen MR) is 126 cm³/mol. The molecule has 1 atom stereocenters. The minimum Gasteiger partial charge on any atom is -0.452 e. The van der Waals surface area contributed by atoms with Crippen LogP contribution in [0.5, 0.6) is 0 Å². The molecule has 188 valence electrons. The number of benzene rings is 2.